The molecular weight excluding hydrogens is 540 g/mol. The number of nitrogens with zero attached hydrogens (tertiary/aromatic N) is 4. The summed E-state index contributed by atoms with van der Waals surface area (Å²) < 4.78 is 25.3. The van der Waals surface area contributed by atoms with E-state index in [9.17, 15) is 19.5 Å². The second-order valence-corrected chi connectivity index (χ2v) is 11.0. The van der Waals surface area contributed by atoms with Crippen molar-refractivity contribution in [2.45, 2.75) is 57.9 Å². The molecule has 0 amide bonds. The average molecular weight is 571 g/mol. The van der Waals surface area contributed by atoms with Gasteiger partial charge in [-0.3, -0.25) is 14.3 Å². The van der Waals surface area contributed by atoms with Gasteiger partial charge in [0.05, 0.1) is 36.2 Å². The molecular formula is C27H30N4O8S. The Morgan fingerprint density at radius 3 is 2.65 bits per heavy atom. The highest BCUT2D eigenvalue weighted by molar-refractivity contribution is 7.22. The minimum absolute atomic E-state index is 0.0545. The SMILES string of the molecule is COc1cccnc1C(Cn1c(=O)n(C(C)(C)C(=O)O)c(=O)c2c(C)c(-c3ncco3)sc21)OC1CCOCC1. The zero-order chi connectivity index (χ0) is 28.6. The van der Waals surface area contributed by atoms with E-state index in [1.54, 1.807) is 25.3 Å². The smallest absolute Gasteiger partial charge is 0.333 e. The minimum atomic E-state index is -1.83. The number of ether oxygens (including phenoxy) is 3. The van der Waals surface area contributed by atoms with Crippen LogP contribution in [0.1, 0.15) is 44.1 Å². The lowest BCUT2D eigenvalue weighted by Crippen LogP contribution is -2.52. The van der Waals surface area contributed by atoms with Crippen LogP contribution in [-0.2, 0) is 26.4 Å². The first-order chi connectivity index (χ1) is 19.1. The lowest BCUT2D eigenvalue weighted by molar-refractivity contribution is -0.146. The van der Waals surface area contributed by atoms with Crippen LogP contribution in [-0.4, -0.2) is 56.6 Å². The van der Waals surface area contributed by atoms with E-state index in [0.29, 0.717) is 58.7 Å². The monoisotopic (exact) mass is 570 g/mol. The van der Waals surface area contributed by atoms with E-state index in [1.807, 2.05) is 0 Å². The molecule has 0 radical (unpaired) electrons. The third-order valence-electron chi connectivity index (χ3n) is 7.12. The van der Waals surface area contributed by atoms with Gasteiger partial charge in [-0.05, 0) is 51.3 Å². The number of fused-ring (bicyclic) bond motifs is 1. The molecule has 0 aliphatic carbocycles. The predicted molar refractivity (Wildman–Crippen MR) is 146 cm³/mol. The number of carbonyl (C=O) groups is 1. The first kappa shape index (κ1) is 27.7. The highest BCUT2D eigenvalue weighted by Gasteiger charge is 2.36. The van der Waals surface area contributed by atoms with E-state index in [-0.39, 0.29) is 18.0 Å². The molecule has 12 nitrogen and oxygen atoms in total. The molecule has 4 aromatic rings. The van der Waals surface area contributed by atoms with E-state index in [1.165, 1.54) is 49.3 Å². The van der Waals surface area contributed by atoms with Crippen molar-refractivity contribution < 1.29 is 28.5 Å². The Bertz CT molecular complexity index is 1650. The fourth-order valence-electron chi connectivity index (χ4n) is 4.86. The van der Waals surface area contributed by atoms with E-state index in [4.69, 9.17) is 18.6 Å². The summed E-state index contributed by atoms with van der Waals surface area (Å²) in [5.41, 5.74) is -2.30. The normalized spacial score (nSPS) is 15.4. The van der Waals surface area contributed by atoms with Gasteiger partial charge in [0.25, 0.3) is 5.56 Å². The molecule has 0 saturated carbocycles. The van der Waals surface area contributed by atoms with Crippen LogP contribution in [0, 0.1) is 6.92 Å². The van der Waals surface area contributed by atoms with Gasteiger partial charge in [0.15, 0.2) is 0 Å². The molecule has 1 aliphatic heterocycles. The fourth-order valence-corrected chi connectivity index (χ4v) is 6.10. The van der Waals surface area contributed by atoms with E-state index < -0.39 is 28.9 Å². The maximum Gasteiger partial charge on any atom is 0.333 e. The molecule has 1 saturated heterocycles. The maximum absolute atomic E-state index is 14.1. The van der Waals surface area contributed by atoms with Gasteiger partial charge < -0.3 is 23.7 Å². The van der Waals surface area contributed by atoms with E-state index in [2.05, 4.69) is 9.97 Å². The van der Waals surface area contributed by atoms with Crippen LogP contribution in [0.3, 0.4) is 0 Å². The van der Waals surface area contributed by atoms with E-state index >= 15 is 0 Å². The van der Waals surface area contributed by atoms with Gasteiger partial charge in [0.1, 0.15) is 34.2 Å². The highest BCUT2D eigenvalue weighted by atomic mass is 32.1. The van der Waals surface area contributed by atoms with Gasteiger partial charge >= 0.3 is 11.7 Å². The van der Waals surface area contributed by atoms with Gasteiger partial charge in [-0.2, -0.15) is 0 Å². The van der Waals surface area contributed by atoms with Crippen molar-refractivity contribution in [1.82, 2.24) is 19.1 Å². The molecule has 4 aromatic heterocycles. The summed E-state index contributed by atoms with van der Waals surface area (Å²) >= 11 is 1.18. The van der Waals surface area contributed by atoms with Crippen LogP contribution >= 0.6 is 11.3 Å². The van der Waals surface area contributed by atoms with Gasteiger partial charge in [0.2, 0.25) is 5.89 Å². The number of aromatic nitrogens is 4. The fraction of sp³-hybridized carbons (Fsp3) is 0.444. The number of carboxylic acid groups (broad SMARTS) is 1. The highest BCUT2D eigenvalue weighted by Crippen LogP contribution is 2.37. The second-order valence-electron chi connectivity index (χ2n) is 10.00. The van der Waals surface area contributed by atoms with Crippen LogP contribution in [0.5, 0.6) is 5.75 Å². The third-order valence-corrected chi connectivity index (χ3v) is 8.42. The third kappa shape index (κ3) is 4.84. The number of methoxy groups -OCH3 is 1. The van der Waals surface area contributed by atoms with Crippen molar-refractivity contribution in [3.63, 3.8) is 0 Å². The van der Waals surface area contributed by atoms with Crippen LogP contribution in [0.4, 0.5) is 0 Å². The number of aryl methyl sites for hydroxylation is 1. The largest absolute Gasteiger partial charge is 0.495 e. The molecule has 1 fully saturated rings. The first-order valence-electron chi connectivity index (χ1n) is 12.8. The summed E-state index contributed by atoms with van der Waals surface area (Å²) in [7, 11) is 1.53. The Labute approximate surface area is 232 Å². The van der Waals surface area contributed by atoms with Crippen molar-refractivity contribution in [3.05, 3.63) is 62.9 Å². The Kier molecular flexibility index (Phi) is 7.62. The summed E-state index contributed by atoms with van der Waals surface area (Å²) in [4.78, 5) is 49.8. The zero-order valence-electron chi connectivity index (χ0n) is 22.6. The van der Waals surface area contributed by atoms with Crippen molar-refractivity contribution in [1.29, 1.82) is 0 Å². The van der Waals surface area contributed by atoms with Crippen molar-refractivity contribution >= 4 is 27.5 Å². The number of carboxylic acids is 1. The average Bonchev–Trinajstić information content (AvgIpc) is 3.59. The second kappa shape index (κ2) is 11.0. The van der Waals surface area contributed by atoms with Gasteiger partial charge in [-0.1, -0.05) is 0 Å². The summed E-state index contributed by atoms with van der Waals surface area (Å²) in [5, 5.41) is 10.2. The predicted octanol–water partition coefficient (Wildman–Crippen LogP) is 3.35. The molecule has 1 unspecified atom stereocenters. The quantitative estimate of drug-likeness (QED) is 0.318. The Balaban J connectivity index is 1.76. The number of aliphatic carboxylic acids is 1. The Hall–Kier alpha value is -3.81. The zero-order valence-corrected chi connectivity index (χ0v) is 23.4. The number of hydrogen-bond donors (Lipinski definition) is 1. The van der Waals surface area contributed by atoms with Gasteiger partial charge in [-0.15, -0.1) is 11.3 Å². The number of hydrogen-bond acceptors (Lipinski definition) is 10. The summed E-state index contributed by atoms with van der Waals surface area (Å²) in [5.74, 6) is -0.548. The lowest BCUT2D eigenvalue weighted by atomic mass is 10.1. The number of oxazole rings is 1. The van der Waals surface area contributed by atoms with Crippen molar-refractivity contribution in [3.8, 4) is 16.5 Å². The van der Waals surface area contributed by atoms with Crippen LogP contribution < -0.4 is 16.0 Å². The molecule has 13 heteroatoms. The molecule has 0 aromatic carbocycles. The van der Waals surface area contributed by atoms with Crippen LogP contribution in [0.15, 0.2) is 44.8 Å². The molecule has 40 heavy (non-hydrogen) atoms. The molecule has 1 N–H and O–H groups in total. The Morgan fingerprint density at radius 2 is 2.00 bits per heavy atom. The Morgan fingerprint density at radius 1 is 1.25 bits per heavy atom. The van der Waals surface area contributed by atoms with E-state index in [0.717, 1.165) is 4.57 Å². The summed E-state index contributed by atoms with van der Waals surface area (Å²) in [6, 6.07) is 3.49. The lowest BCUT2D eigenvalue weighted by Gasteiger charge is -2.29. The molecule has 5 heterocycles. The molecule has 0 spiro atoms. The number of thiophene rings is 1. The molecule has 1 atom stereocenters. The van der Waals surface area contributed by atoms with Gasteiger partial charge in [0, 0.05) is 19.4 Å². The van der Waals surface area contributed by atoms with Crippen molar-refractivity contribution in [2.24, 2.45) is 0 Å². The molecule has 5 rings (SSSR count). The number of rotatable bonds is 9. The maximum atomic E-state index is 14.1. The summed E-state index contributed by atoms with van der Waals surface area (Å²) in [6.45, 7) is 5.40. The minimum Gasteiger partial charge on any atom is -0.495 e. The van der Waals surface area contributed by atoms with Crippen molar-refractivity contribution in [2.75, 3.05) is 20.3 Å². The molecule has 212 valence electrons. The molecule has 0 bridgehead atoms. The van der Waals surface area contributed by atoms with Crippen LogP contribution in [0.2, 0.25) is 0 Å². The van der Waals surface area contributed by atoms with Crippen LogP contribution in [0.25, 0.3) is 21.0 Å². The van der Waals surface area contributed by atoms with Gasteiger partial charge in [-0.25, -0.2) is 19.1 Å². The summed E-state index contributed by atoms with van der Waals surface area (Å²) in [6.07, 6.45) is 4.92. The first-order valence-corrected chi connectivity index (χ1v) is 13.6. The standard InChI is InChI=1S/C27H30N4O8S/c1-15-19-23(32)31(27(2,3)25(33)34)26(35)30(24(19)40-21(15)22-29-10-13-38-22)14-18(39-16-7-11-37-12-8-16)20-17(36-4)6-5-9-28-20/h5-6,9-10,13,16,18H,7-8,11-12,14H2,1-4H3,(H,33,34). The molecule has 1 aliphatic rings. The number of pyridine rings is 1. The topological polar surface area (TPSA) is 148 Å².